The molecule has 0 fully saturated rings. The molecule has 0 bridgehead atoms. The van der Waals surface area contributed by atoms with E-state index >= 15 is 0 Å². The second-order valence-electron chi connectivity index (χ2n) is 2.78. The van der Waals surface area contributed by atoms with E-state index in [0.717, 1.165) is 0 Å². The van der Waals surface area contributed by atoms with E-state index in [-0.39, 0.29) is 0 Å². The molecule has 0 spiro atoms. The van der Waals surface area contributed by atoms with Gasteiger partial charge in [0.1, 0.15) is 0 Å². The summed E-state index contributed by atoms with van der Waals surface area (Å²) in [7, 11) is 0. The monoisotopic (exact) mass is 286 g/mol. The normalized spacial score (nSPS) is 11.1. The number of nitrogens with one attached hydrogen (secondary N) is 1. The van der Waals surface area contributed by atoms with Gasteiger partial charge in [-0.05, 0) is 11.6 Å². The first-order chi connectivity index (χ1) is 8.13. The first-order valence-corrected chi connectivity index (χ1v) is 4.37. The molecule has 11 heteroatoms. The van der Waals surface area contributed by atoms with Crippen molar-refractivity contribution in [2.75, 3.05) is 0 Å². The Hall–Kier alpha value is -2.10. The van der Waals surface area contributed by atoms with Crippen molar-refractivity contribution in [2.45, 2.75) is 6.36 Å². The fraction of sp³-hybridized carbons (Fsp3) is 0.143. The topological polar surface area (TPSA) is 102 Å². The number of carbonyl (C=O) groups is 1. The van der Waals surface area contributed by atoms with Crippen LogP contribution in [0.4, 0.5) is 18.9 Å². The summed E-state index contributed by atoms with van der Waals surface area (Å²) in [5, 5.41) is 8.88. The van der Waals surface area contributed by atoms with E-state index in [1.165, 1.54) is 0 Å². The van der Waals surface area contributed by atoms with Gasteiger partial charge in [0.25, 0.3) is 5.24 Å². The van der Waals surface area contributed by atoms with Gasteiger partial charge in [0.05, 0.1) is 4.92 Å². The van der Waals surface area contributed by atoms with Gasteiger partial charge in [-0.3, -0.25) is 19.7 Å². The van der Waals surface area contributed by atoms with Crippen molar-refractivity contribution in [2.24, 2.45) is 0 Å². The van der Waals surface area contributed by atoms with Crippen LogP contribution in [0.15, 0.2) is 11.0 Å². The number of aromatic amines is 1. The van der Waals surface area contributed by atoms with Crippen molar-refractivity contribution < 1.29 is 27.6 Å². The zero-order chi connectivity index (χ0) is 14.1. The Balaban J connectivity index is 3.55. The van der Waals surface area contributed by atoms with Crippen molar-refractivity contribution in [1.29, 1.82) is 0 Å². The minimum Gasteiger partial charge on any atom is -0.403 e. The summed E-state index contributed by atoms with van der Waals surface area (Å²) in [4.78, 5) is 32.8. The molecule has 0 atom stereocenters. The molecule has 1 rings (SSSR count). The molecule has 0 unspecified atom stereocenters. The molecule has 0 amide bonds. The molecule has 0 aliphatic carbocycles. The third-order valence-electron chi connectivity index (χ3n) is 1.64. The highest BCUT2D eigenvalue weighted by Gasteiger charge is 2.36. The maximum Gasteiger partial charge on any atom is 0.573 e. The molecule has 0 aromatic carbocycles. The lowest BCUT2D eigenvalue weighted by atomic mass is 10.2. The van der Waals surface area contributed by atoms with Crippen LogP contribution in [0.2, 0.25) is 0 Å². The number of alkyl halides is 3. The Bertz CT molecular complexity index is 567. The predicted octanol–water partition coefficient (Wildman–Crippen LogP) is 1.56. The number of nitrogens with zero attached hydrogens (tertiary/aromatic N) is 1. The van der Waals surface area contributed by atoms with E-state index in [0.29, 0.717) is 6.20 Å². The zero-order valence-corrected chi connectivity index (χ0v) is 8.83. The second kappa shape index (κ2) is 4.64. The molecule has 1 heterocycles. The maximum atomic E-state index is 12.0. The molecule has 0 radical (unpaired) electrons. The van der Waals surface area contributed by atoms with Crippen LogP contribution in [0.5, 0.6) is 5.75 Å². The average molecular weight is 287 g/mol. The van der Waals surface area contributed by atoms with Crippen LogP contribution in [-0.4, -0.2) is 21.5 Å². The van der Waals surface area contributed by atoms with Crippen molar-refractivity contribution in [3.8, 4) is 5.75 Å². The summed E-state index contributed by atoms with van der Waals surface area (Å²) in [6.07, 6.45) is -4.84. The van der Waals surface area contributed by atoms with E-state index < -0.39 is 39.1 Å². The van der Waals surface area contributed by atoms with Crippen LogP contribution in [0.25, 0.3) is 0 Å². The van der Waals surface area contributed by atoms with Gasteiger partial charge in [0.2, 0.25) is 0 Å². The van der Waals surface area contributed by atoms with Crippen molar-refractivity contribution in [1.82, 2.24) is 4.98 Å². The van der Waals surface area contributed by atoms with Gasteiger partial charge in [0, 0.05) is 6.20 Å². The molecule has 1 aromatic heterocycles. The Labute approximate surface area is 100 Å². The molecule has 1 aromatic rings. The molecule has 7 nitrogen and oxygen atoms in total. The first kappa shape index (κ1) is 14.0. The number of nitro groups is 1. The summed E-state index contributed by atoms with van der Waals surface area (Å²) in [5.74, 6) is -1.26. The number of H-pyrrole nitrogens is 1. The van der Waals surface area contributed by atoms with Gasteiger partial charge in [-0.15, -0.1) is 13.2 Å². The number of hydrogen-bond acceptors (Lipinski definition) is 5. The molecule has 18 heavy (non-hydrogen) atoms. The number of halogens is 4. The predicted molar refractivity (Wildman–Crippen MR) is 50.6 cm³/mol. The van der Waals surface area contributed by atoms with E-state index in [9.17, 15) is 32.9 Å². The maximum absolute atomic E-state index is 12.0. The highest BCUT2D eigenvalue weighted by Crippen LogP contribution is 2.30. The molecule has 0 aliphatic heterocycles. The SMILES string of the molecule is O=C(Cl)c1c(OC(F)(F)F)c[nH]c(=O)c1[N+](=O)[O-]. The lowest BCUT2D eigenvalue weighted by molar-refractivity contribution is -0.386. The number of hydrogen-bond donors (Lipinski definition) is 1. The van der Waals surface area contributed by atoms with Crippen LogP contribution in [0, 0.1) is 10.1 Å². The summed E-state index contributed by atoms with van der Waals surface area (Å²) < 4.78 is 39.3. The fourth-order valence-corrected chi connectivity index (χ4v) is 1.25. The lowest BCUT2D eigenvalue weighted by Crippen LogP contribution is -2.22. The van der Waals surface area contributed by atoms with Crippen molar-refractivity contribution in [3.63, 3.8) is 0 Å². The van der Waals surface area contributed by atoms with E-state index in [2.05, 4.69) is 4.74 Å². The highest BCUT2D eigenvalue weighted by atomic mass is 35.5. The van der Waals surface area contributed by atoms with Gasteiger partial charge < -0.3 is 9.72 Å². The van der Waals surface area contributed by atoms with E-state index in [1.807, 2.05) is 0 Å². The molecule has 0 aliphatic rings. The summed E-state index contributed by atoms with van der Waals surface area (Å²) in [6, 6.07) is 0. The standard InChI is InChI=1S/C7H2ClF3N2O5/c8-5(14)3-2(18-7(9,10)11)1-12-6(15)4(3)13(16)17/h1H,(H,12,15). The van der Waals surface area contributed by atoms with E-state index in [1.54, 1.807) is 4.98 Å². The molecular weight excluding hydrogens is 285 g/mol. The Morgan fingerprint density at radius 2 is 2.06 bits per heavy atom. The third-order valence-corrected chi connectivity index (χ3v) is 1.83. The summed E-state index contributed by atoms with van der Waals surface area (Å²) >= 11 is 4.91. The quantitative estimate of drug-likeness (QED) is 0.516. The smallest absolute Gasteiger partial charge is 0.403 e. The van der Waals surface area contributed by atoms with Crippen LogP contribution in [0.1, 0.15) is 10.4 Å². The number of pyridine rings is 1. The molecule has 0 saturated carbocycles. The minimum atomic E-state index is -5.20. The Morgan fingerprint density at radius 1 is 1.50 bits per heavy atom. The van der Waals surface area contributed by atoms with Crippen molar-refractivity contribution >= 4 is 22.5 Å². The molecule has 1 N–H and O–H groups in total. The van der Waals surface area contributed by atoms with Crippen LogP contribution in [-0.2, 0) is 0 Å². The minimum absolute atomic E-state index is 0.360. The first-order valence-electron chi connectivity index (χ1n) is 3.99. The van der Waals surface area contributed by atoms with Crippen LogP contribution in [0.3, 0.4) is 0 Å². The van der Waals surface area contributed by atoms with Gasteiger partial charge >= 0.3 is 17.6 Å². The van der Waals surface area contributed by atoms with Gasteiger partial charge in [-0.1, -0.05) is 0 Å². The third kappa shape index (κ3) is 2.97. The van der Waals surface area contributed by atoms with Gasteiger partial charge in [-0.25, -0.2) is 0 Å². The molecule has 98 valence electrons. The van der Waals surface area contributed by atoms with E-state index in [4.69, 9.17) is 11.6 Å². The average Bonchev–Trinajstić information content (AvgIpc) is 2.17. The number of carbonyl (C=O) groups excluding carboxylic acids is 1. The molecular formula is C7H2ClF3N2O5. The summed E-state index contributed by atoms with van der Waals surface area (Å²) in [6.45, 7) is 0. The Morgan fingerprint density at radius 3 is 2.44 bits per heavy atom. The zero-order valence-electron chi connectivity index (χ0n) is 8.08. The summed E-state index contributed by atoms with van der Waals surface area (Å²) in [5.41, 5.74) is -4.06. The van der Waals surface area contributed by atoms with Crippen molar-refractivity contribution in [3.05, 3.63) is 32.2 Å². The van der Waals surface area contributed by atoms with Gasteiger partial charge in [0.15, 0.2) is 11.3 Å². The number of aromatic nitrogens is 1. The van der Waals surface area contributed by atoms with Crippen LogP contribution >= 0.6 is 11.6 Å². The highest BCUT2D eigenvalue weighted by molar-refractivity contribution is 6.68. The van der Waals surface area contributed by atoms with Gasteiger partial charge in [-0.2, -0.15) is 0 Å². The number of ether oxygens (including phenoxy) is 1. The number of rotatable bonds is 3. The molecule has 0 saturated heterocycles. The second-order valence-corrected chi connectivity index (χ2v) is 3.13. The lowest BCUT2D eigenvalue weighted by Gasteiger charge is -2.10. The Kier molecular flexibility index (Phi) is 3.60. The fourth-order valence-electron chi connectivity index (χ4n) is 1.07. The largest absolute Gasteiger partial charge is 0.573 e. The van der Waals surface area contributed by atoms with Crippen LogP contribution < -0.4 is 10.3 Å².